The summed E-state index contributed by atoms with van der Waals surface area (Å²) in [6.07, 6.45) is 5.34. The molecule has 0 radical (unpaired) electrons. The van der Waals surface area contributed by atoms with Crippen molar-refractivity contribution >= 4 is 23.3 Å². The quantitative estimate of drug-likeness (QED) is 0.608. The van der Waals surface area contributed by atoms with E-state index in [1.54, 1.807) is 18.2 Å². The number of rotatable bonds is 7. The maximum absolute atomic E-state index is 13.5. The number of fused-ring (bicyclic) bond motifs is 3. The average molecular weight is 466 g/mol. The monoisotopic (exact) mass is 465 g/mol. The standard InChI is InChI=1S/C25H31N5O4/c1-25-15-34-13-10-19(25)21-20(30(23(25)31)11-3-12-33-2)14-26-22(29-21)16-4-6-17(7-5-16)27-24(32)28-18-8-9-18/h4-7,14,18-19H,3,8-13,15H2,1-2H3,(H2,27,28,32)/t19?,25-/m0/s1. The predicted octanol–water partition coefficient (Wildman–Crippen LogP) is 3.32. The van der Waals surface area contributed by atoms with Crippen LogP contribution in [0.4, 0.5) is 16.2 Å². The SMILES string of the molecule is COCCCN1C(=O)[C@@]2(C)COCCC2c2nc(-c3ccc(NC(=O)NC4CC4)cc3)ncc21. The maximum atomic E-state index is 13.5. The van der Waals surface area contributed by atoms with Crippen molar-refractivity contribution in [3.63, 3.8) is 0 Å². The summed E-state index contributed by atoms with van der Waals surface area (Å²) in [6.45, 7) is 4.11. The Morgan fingerprint density at radius 2 is 2.06 bits per heavy atom. The van der Waals surface area contributed by atoms with E-state index < -0.39 is 5.41 Å². The molecule has 3 heterocycles. The molecule has 3 aliphatic rings. The van der Waals surface area contributed by atoms with Crippen molar-refractivity contribution in [1.82, 2.24) is 15.3 Å². The highest BCUT2D eigenvalue weighted by atomic mass is 16.5. The molecule has 1 aliphatic carbocycles. The fourth-order valence-corrected chi connectivity index (χ4v) is 4.84. The van der Waals surface area contributed by atoms with Crippen LogP contribution in [0.2, 0.25) is 0 Å². The minimum Gasteiger partial charge on any atom is -0.385 e. The van der Waals surface area contributed by atoms with Crippen LogP contribution in [0.5, 0.6) is 0 Å². The summed E-state index contributed by atoms with van der Waals surface area (Å²) in [5, 5.41) is 5.77. The van der Waals surface area contributed by atoms with Gasteiger partial charge in [0, 0.05) is 50.1 Å². The highest BCUT2D eigenvalue weighted by molar-refractivity contribution is 6.01. The first-order valence-electron chi connectivity index (χ1n) is 11.9. The number of amides is 3. The number of ether oxygens (including phenoxy) is 2. The Morgan fingerprint density at radius 1 is 1.26 bits per heavy atom. The molecule has 9 nitrogen and oxygen atoms in total. The minimum atomic E-state index is -0.646. The lowest BCUT2D eigenvalue weighted by Gasteiger charge is -2.47. The van der Waals surface area contributed by atoms with Crippen molar-refractivity contribution in [3.8, 4) is 11.4 Å². The lowest BCUT2D eigenvalue weighted by molar-refractivity contribution is -0.138. The number of hydrogen-bond donors (Lipinski definition) is 2. The first-order valence-corrected chi connectivity index (χ1v) is 11.9. The molecule has 2 N–H and O–H groups in total. The first-order chi connectivity index (χ1) is 16.5. The van der Waals surface area contributed by atoms with Crippen molar-refractivity contribution in [2.45, 2.75) is 44.6 Å². The zero-order valence-corrected chi connectivity index (χ0v) is 19.7. The molecule has 9 heteroatoms. The van der Waals surface area contributed by atoms with E-state index in [2.05, 4.69) is 15.6 Å². The Labute approximate surface area is 199 Å². The van der Waals surface area contributed by atoms with Crippen LogP contribution in [0.3, 0.4) is 0 Å². The molecule has 1 saturated carbocycles. The number of carbonyl (C=O) groups excluding carboxylic acids is 2. The summed E-state index contributed by atoms with van der Waals surface area (Å²) in [7, 11) is 1.66. The van der Waals surface area contributed by atoms with E-state index in [0.29, 0.717) is 43.9 Å². The Morgan fingerprint density at radius 3 is 2.79 bits per heavy atom. The van der Waals surface area contributed by atoms with Gasteiger partial charge in [0.15, 0.2) is 5.82 Å². The van der Waals surface area contributed by atoms with Crippen molar-refractivity contribution in [3.05, 3.63) is 36.2 Å². The zero-order chi connectivity index (χ0) is 23.7. The van der Waals surface area contributed by atoms with Crippen LogP contribution in [0.15, 0.2) is 30.5 Å². The summed E-state index contributed by atoms with van der Waals surface area (Å²) in [5.74, 6) is 0.654. The number of carbonyl (C=O) groups is 2. The number of nitrogens with one attached hydrogen (secondary N) is 2. The van der Waals surface area contributed by atoms with Gasteiger partial charge >= 0.3 is 6.03 Å². The van der Waals surface area contributed by atoms with Crippen LogP contribution in [0, 0.1) is 5.41 Å². The molecule has 5 rings (SSSR count). The van der Waals surface area contributed by atoms with Crippen molar-refractivity contribution in [2.75, 3.05) is 43.7 Å². The van der Waals surface area contributed by atoms with Gasteiger partial charge in [-0.3, -0.25) is 4.79 Å². The molecule has 0 bridgehead atoms. The number of nitrogens with zero attached hydrogens (tertiary/aromatic N) is 3. The molecule has 2 aromatic rings. The van der Waals surface area contributed by atoms with E-state index in [1.165, 1.54) is 0 Å². The highest BCUT2D eigenvalue weighted by Crippen LogP contribution is 2.49. The number of benzene rings is 1. The van der Waals surface area contributed by atoms with Gasteiger partial charge in [0.1, 0.15) is 0 Å². The Balaban J connectivity index is 1.42. The maximum Gasteiger partial charge on any atom is 0.319 e. The number of methoxy groups -OCH3 is 1. The van der Waals surface area contributed by atoms with Crippen LogP contribution in [-0.4, -0.2) is 61.4 Å². The molecule has 3 amide bonds. The van der Waals surface area contributed by atoms with Gasteiger partial charge < -0.3 is 25.0 Å². The second-order valence-electron chi connectivity index (χ2n) is 9.53. The normalized spacial score (nSPS) is 23.8. The van der Waals surface area contributed by atoms with Crippen LogP contribution in [0.25, 0.3) is 11.4 Å². The topological polar surface area (TPSA) is 106 Å². The van der Waals surface area contributed by atoms with Crippen LogP contribution >= 0.6 is 0 Å². The first kappa shape index (κ1) is 22.7. The van der Waals surface area contributed by atoms with Crippen LogP contribution in [0.1, 0.15) is 44.2 Å². The fourth-order valence-electron chi connectivity index (χ4n) is 4.84. The summed E-state index contributed by atoms with van der Waals surface area (Å²) in [5.41, 5.74) is 2.61. The molecular formula is C25H31N5O4. The molecule has 2 atom stereocenters. The van der Waals surface area contributed by atoms with E-state index >= 15 is 0 Å². The summed E-state index contributed by atoms with van der Waals surface area (Å²) in [6, 6.07) is 7.63. The smallest absolute Gasteiger partial charge is 0.319 e. The predicted molar refractivity (Wildman–Crippen MR) is 128 cm³/mol. The van der Waals surface area contributed by atoms with Gasteiger partial charge in [-0.15, -0.1) is 0 Å². The fraction of sp³-hybridized carbons (Fsp3) is 0.520. The lowest BCUT2D eigenvalue weighted by Crippen LogP contribution is -2.55. The number of anilines is 2. The molecule has 1 aromatic heterocycles. The summed E-state index contributed by atoms with van der Waals surface area (Å²) < 4.78 is 10.9. The van der Waals surface area contributed by atoms with Gasteiger partial charge in [0.2, 0.25) is 5.91 Å². The van der Waals surface area contributed by atoms with Gasteiger partial charge in [-0.25, -0.2) is 14.8 Å². The third-order valence-electron chi connectivity index (χ3n) is 6.92. The molecule has 1 unspecified atom stereocenters. The second-order valence-corrected chi connectivity index (χ2v) is 9.53. The molecule has 0 spiro atoms. The molecule has 1 saturated heterocycles. The Bertz CT molecular complexity index is 1070. The summed E-state index contributed by atoms with van der Waals surface area (Å²) >= 11 is 0. The minimum absolute atomic E-state index is 0.0174. The molecule has 34 heavy (non-hydrogen) atoms. The van der Waals surface area contributed by atoms with Gasteiger partial charge in [-0.1, -0.05) is 0 Å². The zero-order valence-electron chi connectivity index (χ0n) is 19.7. The molecule has 1 aromatic carbocycles. The average Bonchev–Trinajstić information content (AvgIpc) is 3.65. The van der Waals surface area contributed by atoms with Crippen molar-refractivity contribution < 1.29 is 19.1 Å². The number of aromatic nitrogens is 2. The van der Waals surface area contributed by atoms with E-state index in [1.807, 2.05) is 31.2 Å². The van der Waals surface area contributed by atoms with Gasteiger partial charge in [-0.2, -0.15) is 0 Å². The van der Waals surface area contributed by atoms with E-state index in [9.17, 15) is 9.59 Å². The molecule has 2 fully saturated rings. The highest BCUT2D eigenvalue weighted by Gasteiger charge is 2.52. The van der Waals surface area contributed by atoms with Crippen LogP contribution in [-0.2, 0) is 14.3 Å². The third kappa shape index (κ3) is 4.37. The lowest BCUT2D eigenvalue weighted by atomic mass is 9.69. The Hall–Kier alpha value is -3.04. The molecular weight excluding hydrogens is 434 g/mol. The third-order valence-corrected chi connectivity index (χ3v) is 6.92. The second kappa shape index (κ2) is 9.31. The van der Waals surface area contributed by atoms with Gasteiger partial charge in [-0.05, 0) is 56.9 Å². The van der Waals surface area contributed by atoms with Gasteiger partial charge in [0.05, 0.1) is 29.6 Å². The van der Waals surface area contributed by atoms with E-state index in [0.717, 1.165) is 42.6 Å². The summed E-state index contributed by atoms with van der Waals surface area (Å²) in [4.78, 5) is 36.9. The van der Waals surface area contributed by atoms with Gasteiger partial charge in [0.25, 0.3) is 0 Å². The number of hydrogen-bond acceptors (Lipinski definition) is 6. The van der Waals surface area contributed by atoms with Crippen molar-refractivity contribution in [1.29, 1.82) is 0 Å². The largest absolute Gasteiger partial charge is 0.385 e. The van der Waals surface area contributed by atoms with E-state index in [4.69, 9.17) is 14.5 Å². The van der Waals surface area contributed by atoms with Crippen molar-refractivity contribution in [2.24, 2.45) is 5.41 Å². The number of urea groups is 1. The Kier molecular flexibility index (Phi) is 6.22. The molecule has 180 valence electrons. The molecule has 2 aliphatic heterocycles. The van der Waals surface area contributed by atoms with Crippen LogP contribution < -0.4 is 15.5 Å². The van der Waals surface area contributed by atoms with E-state index in [-0.39, 0.29) is 17.9 Å².